The first-order chi connectivity index (χ1) is 8.05. The Hall–Kier alpha value is -1.21. The van der Waals surface area contributed by atoms with Crippen LogP contribution in [0.5, 0.6) is 0 Å². The third kappa shape index (κ3) is 4.66. The van der Waals surface area contributed by atoms with Gasteiger partial charge in [0.05, 0.1) is 11.6 Å². The van der Waals surface area contributed by atoms with E-state index in [2.05, 4.69) is 6.92 Å². The predicted molar refractivity (Wildman–Crippen MR) is 67.3 cm³/mol. The zero-order valence-corrected chi connectivity index (χ0v) is 10.9. The number of hydrogen-bond acceptors (Lipinski definition) is 2. The molecule has 1 rings (SSSR count). The molecule has 0 saturated heterocycles. The van der Waals surface area contributed by atoms with Crippen molar-refractivity contribution in [1.82, 2.24) is 0 Å². The summed E-state index contributed by atoms with van der Waals surface area (Å²) >= 11 is 0. The van der Waals surface area contributed by atoms with E-state index in [1.165, 1.54) is 12.1 Å². The van der Waals surface area contributed by atoms with Crippen molar-refractivity contribution in [2.45, 2.75) is 26.0 Å². The van der Waals surface area contributed by atoms with Gasteiger partial charge in [-0.05, 0) is 29.7 Å². The first-order valence-corrected chi connectivity index (χ1v) is 7.08. The molecule has 0 aliphatic rings. The van der Waals surface area contributed by atoms with Gasteiger partial charge in [-0.15, -0.1) is 0 Å². The van der Waals surface area contributed by atoms with Crippen molar-refractivity contribution in [2.75, 3.05) is 5.75 Å². The quantitative estimate of drug-likeness (QED) is 0.809. The minimum absolute atomic E-state index is 0.278. The van der Waals surface area contributed by atoms with E-state index in [-0.39, 0.29) is 5.56 Å². The van der Waals surface area contributed by atoms with E-state index >= 15 is 0 Å². The number of rotatable bonds is 5. The Labute approximate surface area is 104 Å². The maximum absolute atomic E-state index is 13.1. The maximum Gasteiger partial charge on any atom is 0.124 e. The zero-order valence-electron chi connectivity index (χ0n) is 10.1. The van der Waals surface area contributed by atoms with Crippen LogP contribution in [0.25, 0.3) is 0 Å². The van der Waals surface area contributed by atoms with Gasteiger partial charge in [0.2, 0.25) is 0 Å². The molecule has 2 unspecified atom stereocenters. The van der Waals surface area contributed by atoms with Crippen molar-refractivity contribution in [3.8, 4) is 6.07 Å². The van der Waals surface area contributed by atoms with Gasteiger partial charge >= 0.3 is 0 Å². The molecule has 2 nitrogen and oxygen atoms in total. The highest BCUT2D eigenvalue weighted by Gasteiger charge is 2.08. The Morgan fingerprint density at radius 1 is 1.47 bits per heavy atom. The third-order valence-corrected chi connectivity index (χ3v) is 4.18. The molecule has 2 atom stereocenters. The summed E-state index contributed by atoms with van der Waals surface area (Å²) in [5.74, 6) is 0.894. The van der Waals surface area contributed by atoms with Crippen LogP contribution in [0.2, 0.25) is 0 Å². The van der Waals surface area contributed by atoms with Crippen LogP contribution < -0.4 is 0 Å². The SMILES string of the molecule is CCC(C)CS(=O)Cc1cc(F)cc(C#N)c1. The van der Waals surface area contributed by atoms with E-state index in [0.717, 1.165) is 6.42 Å². The van der Waals surface area contributed by atoms with Crippen LogP contribution in [0.15, 0.2) is 18.2 Å². The summed E-state index contributed by atoms with van der Waals surface area (Å²) in [6.07, 6.45) is 0.984. The fraction of sp³-hybridized carbons (Fsp3) is 0.462. The molecule has 0 heterocycles. The monoisotopic (exact) mass is 253 g/mol. The van der Waals surface area contributed by atoms with Crippen LogP contribution in [0, 0.1) is 23.1 Å². The molecule has 0 saturated carbocycles. The third-order valence-electron chi connectivity index (χ3n) is 2.58. The molecule has 1 aromatic carbocycles. The molecule has 4 heteroatoms. The highest BCUT2D eigenvalue weighted by Crippen LogP contribution is 2.12. The van der Waals surface area contributed by atoms with Crippen molar-refractivity contribution in [1.29, 1.82) is 5.26 Å². The Morgan fingerprint density at radius 3 is 2.76 bits per heavy atom. The first kappa shape index (κ1) is 13.9. The van der Waals surface area contributed by atoms with E-state index in [0.29, 0.717) is 23.0 Å². The molecule has 92 valence electrons. The van der Waals surface area contributed by atoms with E-state index in [9.17, 15) is 8.60 Å². The van der Waals surface area contributed by atoms with Crippen LogP contribution in [0.4, 0.5) is 4.39 Å². The van der Waals surface area contributed by atoms with E-state index in [1.807, 2.05) is 13.0 Å². The van der Waals surface area contributed by atoms with Gasteiger partial charge in [-0.3, -0.25) is 4.21 Å². The number of hydrogen-bond donors (Lipinski definition) is 0. The summed E-state index contributed by atoms with van der Waals surface area (Å²) in [5.41, 5.74) is 0.906. The lowest BCUT2D eigenvalue weighted by Gasteiger charge is -2.08. The lowest BCUT2D eigenvalue weighted by atomic mass is 10.1. The molecule has 0 fully saturated rings. The molecule has 0 aromatic heterocycles. The Bertz CT molecular complexity index is 453. The summed E-state index contributed by atoms with van der Waals surface area (Å²) < 4.78 is 24.9. The maximum atomic E-state index is 13.1. The minimum Gasteiger partial charge on any atom is -0.259 e. The van der Waals surface area contributed by atoms with Crippen molar-refractivity contribution in [2.24, 2.45) is 5.92 Å². The van der Waals surface area contributed by atoms with Crippen molar-refractivity contribution in [3.05, 3.63) is 35.1 Å². The van der Waals surface area contributed by atoms with Gasteiger partial charge in [-0.1, -0.05) is 20.3 Å². The average Bonchev–Trinajstić information content (AvgIpc) is 2.27. The van der Waals surface area contributed by atoms with E-state index < -0.39 is 16.6 Å². The minimum atomic E-state index is -0.996. The summed E-state index contributed by atoms with van der Waals surface area (Å²) in [7, 11) is -0.996. The van der Waals surface area contributed by atoms with E-state index in [1.54, 1.807) is 6.07 Å². The van der Waals surface area contributed by atoms with Gasteiger partial charge in [0.25, 0.3) is 0 Å². The molecule has 0 aliphatic heterocycles. The van der Waals surface area contributed by atoms with Crippen LogP contribution in [-0.2, 0) is 16.6 Å². The summed E-state index contributed by atoms with van der Waals surface area (Å²) in [5, 5.41) is 8.71. The fourth-order valence-electron chi connectivity index (χ4n) is 1.48. The average molecular weight is 253 g/mol. The van der Waals surface area contributed by atoms with Gasteiger partial charge in [-0.2, -0.15) is 5.26 Å². The molecular weight excluding hydrogens is 237 g/mol. The normalized spacial score (nSPS) is 14.0. The van der Waals surface area contributed by atoms with E-state index in [4.69, 9.17) is 5.26 Å². The van der Waals surface area contributed by atoms with Crippen LogP contribution in [-0.4, -0.2) is 9.96 Å². The lowest BCUT2D eigenvalue weighted by molar-refractivity contribution is 0.614. The Morgan fingerprint density at radius 2 is 2.18 bits per heavy atom. The molecule has 17 heavy (non-hydrogen) atoms. The molecule has 1 aromatic rings. The molecule has 0 radical (unpaired) electrons. The second-order valence-electron chi connectivity index (χ2n) is 4.22. The zero-order chi connectivity index (χ0) is 12.8. The summed E-state index contributed by atoms with van der Waals surface area (Å²) in [6.45, 7) is 4.10. The molecule has 0 spiro atoms. The largest absolute Gasteiger partial charge is 0.259 e. The number of halogens is 1. The molecule has 0 N–H and O–H groups in total. The molecule has 0 amide bonds. The smallest absolute Gasteiger partial charge is 0.124 e. The van der Waals surface area contributed by atoms with Crippen LogP contribution in [0.1, 0.15) is 31.4 Å². The van der Waals surface area contributed by atoms with Gasteiger partial charge < -0.3 is 0 Å². The van der Waals surface area contributed by atoms with Gasteiger partial charge in [-0.25, -0.2) is 4.39 Å². The van der Waals surface area contributed by atoms with Crippen LogP contribution in [0.3, 0.4) is 0 Å². The summed E-state index contributed by atoms with van der Waals surface area (Å²) in [6, 6.07) is 6.01. The predicted octanol–water partition coefficient (Wildman–Crippen LogP) is 2.99. The molecule has 0 aliphatic carbocycles. The van der Waals surface area contributed by atoms with Crippen molar-refractivity contribution >= 4 is 10.8 Å². The van der Waals surface area contributed by atoms with Crippen LogP contribution >= 0.6 is 0 Å². The Balaban J connectivity index is 2.72. The summed E-state index contributed by atoms with van der Waals surface area (Å²) in [4.78, 5) is 0. The second-order valence-corrected chi connectivity index (χ2v) is 5.73. The number of nitrogens with zero attached hydrogens (tertiary/aromatic N) is 1. The highest BCUT2D eigenvalue weighted by atomic mass is 32.2. The standard InChI is InChI=1S/C13H16FNOS/c1-3-10(2)8-17(16)9-12-4-11(7-15)5-13(14)6-12/h4-6,10H,3,8-9H2,1-2H3. The van der Waals surface area contributed by atoms with Crippen molar-refractivity contribution in [3.63, 3.8) is 0 Å². The molecule has 0 bridgehead atoms. The highest BCUT2D eigenvalue weighted by molar-refractivity contribution is 7.84. The van der Waals surface area contributed by atoms with Gasteiger partial charge in [0.1, 0.15) is 5.82 Å². The number of nitriles is 1. The lowest BCUT2D eigenvalue weighted by Crippen LogP contribution is -2.09. The topological polar surface area (TPSA) is 40.9 Å². The Kier molecular flexibility index (Phi) is 5.30. The second kappa shape index (κ2) is 6.51. The van der Waals surface area contributed by atoms with Gasteiger partial charge in [0, 0.05) is 22.3 Å². The number of benzene rings is 1. The molecular formula is C13H16FNOS. The van der Waals surface area contributed by atoms with Gasteiger partial charge in [0.15, 0.2) is 0 Å². The van der Waals surface area contributed by atoms with Crippen molar-refractivity contribution < 1.29 is 8.60 Å². The fourth-order valence-corrected chi connectivity index (χ4v) is 3.00. The first-order valence-electron chi connectivity index (χ1n) is 5.59.